The molecule has 4 heteroatoms. The molecule has 0 fully saturated rings. The molecule has 1 heterocycles. The Morgan fingerprint density at radius 3 is 2.50 bits per heavy atom. The fourth-order valence-corrected chi connectivity index (χ4v) is 2.02. The van der Waals surface area contributed by atoms with Crippen LogP contribution in [0.5, 0.6) is 0 Å². The molecule has 0 saturated carbocycles. The van der Waals surface area contributed by atoms with Gasteiger partial charge in [0.2, 0.25) is 0 Å². The van der Waals surface area contributed by atoms with Crippen molar-refractivity contribution in [2.24, 2.45) is 0 Å². The summed E-state index contributed by atoms with van der Waals surface area (Å²) >= 11 is 0. The van der Waals surface area contributed by atoms with Gasteiger partial charge in [0, 0.05) is 25.6 Å². The summed E-state index contributed by atoms with van der Waals surface area (Å²) in [6.07, 6.45) is 4.24. The Hall–Kier alpha value is -1.16. The van der Waals surface area contributed by atoms with Gasteiger partial charge in [-0.3, -0.25) is 0 Å². The fourth-order valence-electron chi connectivity index (χ4n) is 2.02. The lowest BCUT2D eigenvalue weighted by Gasteiger charge is -2.28. The molecule has 0 aliphatic carbocycles. The zero-order valence-electron chi connectivity index (χ0n) is 13.9. The molecule has 0 aliphatic rings. The highest BCUT2D eigenvalue weighted by Crippen LogP contribution is 2.22. The number of hydrogen-bond donors (Lipinski definition) is 1. The van der Waals surface area contributed by atoms with Crippen LogP contribution in [0.15, 0.2) is 6.20 Å². The summed E-state index contributed by atoms with van der Waals surface area (Å²) in [6, 6.07) is 0.494. The average Bonchev–Trinajstić information content (AvgIpc) is 2.45. The highest BCUT2D eigenvalue weighted by atomic mass is 15.2. The molecule has 0 aliphatic heterocycles. The van der Waals surface area contributed by atoms with Crippen molar-refractivity contribution in [1.82, 2.24) is 15.3 Å². The lowest BCUT2D eigenvalue weighted by molar-refractivity contribution is 0.628. The first-order chi connectivity index (χ1) is 9.51. The van der Waals surface area contributed by atoms with E-state index in [0.29, 0.717) is 12.0 Å². The summed E-state index contributed by atoms with van der Waals surface area (Å²) in [5.41, 5.74) is 2.26. The molecular formula is C16H30N4. The van der Waals surface area contributed by atoms with E-state index in [0.717, 1.165) is 43.1 Å². The molecule has 0 spiro atoms. The number of aromatic nitrogens is 2. The molecule has 0 bridgehead atoms. The molecular weight excluding hydrogens is 248 g/mol. The predicted molar refractivity (Wildman–Crippen MR) is 86.3 cm³/mol. The Morgan fingerprint density at radius 2 is 1.95 bits per heavy atom. The van der Waals surface area contributed by atoms with Gasteiger partial charge in [-0.25, -0.2) is 9.97 Å². The third-order valence-corrected chi connectivity index (χ3v) is 3.73. The molecule has 1 atom stereocenters. The van der Waals surface area contributed by atoms with E-state index in [1.54, 1.807) is 0 Å². The van der Waals surface area contributed by atoms with Gasteiger partial charge in [-0.1, -0.05) is 27.7 Å². The van der Waals surface area contributed by atoms with Crippen molar-refractivity contribution in [1.29, 1.82) is 0 Å². The molecule has 0 aromatic carbocycles. The predicted octanol–water partition coefficient (Wildman–Crippen LogP) is 3.33. The topological polar surface area (TPSA) is 41.1 Å². The molecule has 1 aromatic heterocycles. The number of nitrogens with one attached hydrogen (secondary N) is 1. The van der Waals surface area contributed by atoms with Gasteiger partial charge in [0.15, 0.2) is 0 Å². The molecule has 114 valence electrons. The van der Waals surface area contributed by atoms with Gasteiger partial charge in [-0.05, 0) is 26.3 Å². The van der Waals surface area contributed by atoms with E-state index in [2.05, 4.69) is 56.9 Å². The molecule has 0 amide bonds. The fraction of sp³-hybridized carbons (Fsp3) is 0.750. The third kappa shape index (κ3) is 4.44. The minimum absolute atomic E-state index is 0.364. The van der Waals surface area contributed by atoms with E-state index in [9.17, 15) is 0 Å². The molecule has 1 N–H and O–H groups in total. The van der Waals surface area contributed by atoms with E-state index in [1.165, 1.54) is 0 Å². The summed E-state index contributed by atoms with van der Waals surface area (Å²) in [5.74, 6) is 1.29. The van der Waals surface area contributed by atoms with E-state index in [1.807, 2.05) is 6.20 Å². The number of nitrogens with zero attached hydrogens (tertiary/aromatic N) is 3. The van der Waals surface area contributed by atoms with Crippen molar-refractivity contribution in [2.45, 2.75) is 66.0 Å². The number of rotatable bonds is 8. The molecule has 1 unspecified atom stereocenters. The van der Waals surface area contributed by atoms with Crippen molar-refractivity contribution >= 4 is 5.69 Å². The lowest BCUT2D eigenvalue weighted by atomic mass is 10.1. The Balaban J connectivity index is 3.01. The van der Waals surface area contributed by atoms with Crippen molar-refractivity contribution < 1.29 is 0 Å². The minimum Gasteiger partial charge on any atom is -0.369 e. The van der Waals surface area contributed by atoms with Gasteiger partial charge in [-0.2, -0.15) is 0 Å². The van der Waals surface area contributed by atoms with Crippen LogP contribution in [-0.2, 0) is 6.54 Å². The summed E-state index contributed by atoms with van der Waals surface area (Å²) in [6.45, 7) is 12.7. The second-order valence-corrected chi connectivity index (χ2v) is 5.76. The summed E-state index contributed by atoms with van der Waals surface area (Å²) < 4.78 is 0. The van der Waals surface area contributed by atoms with Crippen LogP contribution >= 0.6 is 0 Å². The second kappa shape index (κ2) is 8.20. The maximum atomic E-state index is 4.77. The van der Waals surface area contributed by atoms with Crippen molar-refractivity contribution in [2.75, 3.05) is 18.5 Å². The van der Waals surface area contributed by atoms with E-state index in [4.69, 9.17) is 4.98 Å². The molecule has 20 heavy (non-hydrogen) atoms. The summed E-state index contributed by atoms with van der Waals surface area (Å²) in [5, 5.41) is 3.45. The molecule has 1 rings (SSSR count). The number of anilines is 1. The Bertz CT molecular complexity index is 403. The van der Waals surface area contributed by atoms with Crippen LogP contribution in [0.2, 0.25) is 0 Å². The van der Waals surface area contributed by atoms with Crippen LogP contribution < -0.4 is 10.2 Å². The summed E-state index contributed by atoms with van der Waals surface area (Å²) in [7, 11) is 2.13. The average molecular weight is 278 g/mol. The van der Waals surface area contributed by atoms with Crippen LogP contribution in [0, 0.1) is 0 Å². The van der Waals surface area contributed by atoms with Gasteiger partial charge in [0.25, 0.3) is 0 Å². The first-order valence-electron chi connectivity index (χ1n) is 7.80. The zero-order valence-corrected chi connectivity index (χ0v) is 13.9. The van der Waals surface area contributed by atoms with Gasteiger partial charge < -0.3 is 10.2 Å². The van der Waals surface area contributed by atoms with Crippen molar-refractivity contribution in [3.05, 3.63) is 17.7 Å². The quantitative estimate of drug-likeness (QED) is 0.741. The van der Waals surface area contributed by atoms with E-state index >= 15 is 0 Å². The third-order valence-electron chi connectivity index (χ3n) is 3.73. The van der Waals surface area contributed by atoms with Crippen molar-refractivity contribution in [3.63, 3.8) is 0 Å². The van der Waals surface area contributed by atoms with Gasteiger partial charge in [0.1, 0.15) is 5.82 Å². The second-order valence-electron chi connectivity index (χ2n) is 5.76. The van der Waals surface area contributed by atoms with Gasteiger partial charge in [-0.15, -0.1) is 0 Å². The van der Waals surface area contributed by atoms with Crippen LogP contribution in [-0.4, -0.2) is 29.6 Å². The Morgan fingerprint density at radius 1 is 1.25 bits per heavy atom. The lowest BCUT2D eigenvalue weighted by Crippen LogP contribution is -2.30. The number of hydrogen-bond acceptors (Lipinski definition) is 4. The Kier molecular flexibility index (Phi) is 6.93. The minimum atomic E-state index is 0.364. The highest BCUT2D eigenvalue weighted by molar-refractivity contribution is 5.49. The van der Waals surface area contributed by atoms with Crippen LogP contribution in [0.1, 0.15) is 64.9 Å². The maximum absolute atomic E-state index is 4.77. The monoisotopic (exact) mass is 278 g/mol. The Labute approximate surface area is 124 Å². The molecule has 1 aromatic rings. The first-order valence-corrected chi connectivity index (χ1v) is 7.80. The first kappa shape index (κ1) is 16.9. The van der Waals surface area contributed by atoms with E-state index in [-0.39, 0.29) is 0 Å². The zero-order chi connectivity index (χ0) is 15.1. The van der Waals surface area contributed by atoms with Crippen LogP contribution in [0.4, 0.5) is 5.69 Å². The van der Waals surface area contributed by atoms with Crippen LogP contribution in [0.25, 0.3) is 0 Å². The van der Waals surface area contributed by atoms with E-state index < -0.39 is 0 Å². The SMILES string of the molecule is CCCNCc1nc(C(C)C)ncc1N(C)C(C)CC. The molecule has 0 saturated heterocycles. The molecule has 0 radical (unpaired) electrons. The summed E-state index contributed by atoms with van der Waals surface area (Å²) in [4.78, 5) is 11.6. The standard InChI is InChI=1S/C16H30N4/c1-7-9-17-10-14-15(20(6)13(5)8-2)11-18-16(19-14)12(3)4/h11-13,17H,7-10H2,1-6H3. The largest absolute Gasteiger partial charge is 0.369 e. The van der Waals surface area contributed by atoms with Crippen molar-refractivity contribution in [3.8, 4) is 0 Å². The van der Waals surface area contributed by atoms with Crippen LogP contribution in [0.3, 0.4) is 0 Å². The highest BCUT2D eigenvalue weighted by Gasteiger charge is 2.15. The maximum Gasteiger partial charge on any atom is 0.131 e. The normalized spacial score (nSPS) is 12.8. The van der Waals surface area contributed by atoms with Gasteiger partial charge in [0.05, 0.1) is 17.6 Å². The van der Waals surface area contributed by atoms with Gasteiger partial charge >= 0.3 is 0 Å². The molecule has 4 nitrogen and oxygen atoms in total. The smallest absolute Gasteiger partial charge is 0.131 e.